The minimum Gasteiger partial charge on any atom is -0.357 e. The summed E-state index contributed by atoms with van der Waals surface area (Å²) >= 11 is 3.48. The Hall–Kier alpha value is -1.16. The lowest BCUT2D eigenvalue weighted by atomic mass is 10.2. The summed E-state index contributed by atoms with van der Waals surface area (Å²) in [6.07, 6.45) is 3.44. The van der Waals surface area contributed by atoms with Gasteiger partial charge in [0.1, 0.15) is 12.4 Å². The molecule has 1 aliphatic rings. The molecule has 26 heavy (non-hydrogen) atoms. The van der Waals surface area contributed by atoms with E-state index >= 15 is 0 Å². The molecule has 0 radical (unpaired) electrons. The van der Waals surface area contributed by atoms with Crippen molar-refractivity contribution in [3.8, 4) is 0 Å². The van der Waals surface area contributed by atoms with Gasteiger partial charge in [0.05, 0.1) is 0 Å². The Balaban J connectivity index is 0.00000243. The molecule has 1 aromatic heterocycles. The molecule has 2 aromatic rings. The predicted molar refractivity (Wildman–Crippen MR) is 119 cm³/mol. The van der Waals surface area contributed by atoms with Gasteiger partial charge in [0.15, 0.2) is 11.8 Å². The van der Waals surface area contributed by atoms with E-state index in [9.17, 15) is 0 Å². The maximum atomic E-state index is 4.78. The van der Waals surface area contributed by atoms with Crippen LogP contribution in [0, 0.1) is 0 Å². The minimum atomic E-state index is 0. The topological polar surface area (TPSA) is 58.3 Å². The molecule has 6 nitrogen and oxygen atoms in total. The van der Waals surface area contributed by atoms with E-state index in [2.05, 4.69) is 79.1 Å². The summed E-state index contributed by atoms with van der Waals surface area (Å²) in [4.78, 5) is 6.92. The maximum Gasteiger partial charge on any atom is 0.194 e. The number of hydrogen-bond acceptors (Lipinski definition) is 3. The fourth-order valence-electron chi connectivity index (χ4n) is 3.04. The summed E-state index contributed by atoms with van der Waals surface area (Å²) in [5.41, 5.74) is 1.25. The molecule has 0 bridgehead atoms. The highest BCUT2D eigenvalue weighted by Crippen LogP contribution is 2.15. The number of benzene rings is 1. The molecule has 0 saturated heterocycles. The van der Waals surface area contributed by atoms with E-state index in [0.29, 0.717) is 6.54 Å². The third kappa shape index (κ3) is 5.42. The molecular weight excluding hydrogens is 507 g/mol. The number of nitrogens with zero attached hydrogens (tertiary/aromatic N) is 5. The highest BCUT2D eigenvalue weighted by Gasteiger charge is 2.15. The zero-order valence-corrected chi connectivity index (χ0v) is 19.2. The van der Waals surface area contributed by atoms with Gasteiger partial charge in [-0.15, -0.1) is 34.2 Å². The van der Waals surface area contributed by atoms with Gasteiger partial charge in [-0.05, 0) is 37.5 Å². The fraction of sp³-hybridized carbons (Fsp3) is 0.500. The average Bonchev–Trinajstić information content (AvgIpc) is 3.04. The molecule has 142 valence electrons. The lowest BCUT2D eigenvalue weighted by Gasteiger charge is -2.22. The molecule has 0 fully saturated rings. The van der Waals surface area contributed by atoms with Crippen LogP contribution in [-0.4, -0.2) is 39.2 Å². The van der Waals surface area contributed by atoms with Crippen molar-refractivity contribution in [3.63, 3.8) is 0 Å². The number of aryl methyl sites for hydroxylation is 1. The summed E-state index contributed by atoms with van der Waals surface area (Å²) in [5.74, 6) is 2.95. The fourth-order valence-corrected chi connectivity index (χ4v) is 3.30. The standard InChI is InChI=1S/C18H25BrN6.HI/c1-3-20-18(24(2)13-14-7-9-15(19)10-8-14)21-12-17-23-22-16-6-4-5-11-25(16)17;/h7-10H,3-6,11-13H2,1-2H3,(H,20,21);1H. The Labute approximate surface area is 180 Å². The number of hydrogen-bond donors (Lipinski definition) is 1. The van der Waals surface area contributed by atoms with Crippen LogP contribution in [0.3, 0.4) is 0 Å². The van der Waals surface area contributed by atoms with Gasteiger partial charge in [0, 0.05) is 37.6 Å². The number of fused-ring (bicyclic) bond motifs is 1. The van der Waals surface area contributed by atoms with Crippen LogP contribution in [0.5, 0.6) is 0 Å². The molecule has 0 unspecified atom stereocenters. The Bertz CT molecular complexity index is 728. The monoisotopic (exact) mass is 532 g/mol. The predicted octanol–water partition coefficient (Wildman–Crippen LogP) is 3.59. The Morgan fingerprint density at radius 1 is 1.27 bits per heavy atom. The van der Waals surface area contributed by atoms with E-state index in [0.717, 1.165) is 48.1 Å². The van der Waals surface area contributed by atoms with Gasteiger partial charge < -0.3 is 14.8 Å². The summed E-state index contributed by atoms with van der Waals surface area (Å²) in [6, 6.07) is 8.38. The van der Waals surface area contributed by atoms with Crippen LogP contribution in [0.25, 0.3) is 0 Å². The number of rotatable bonds is 5. The van der Waals surface area contributed by atoms with Crippen molar-refractivity contribution in [1.82, 2.24) is 25.0 Å². The average molecular weight is 533 g/mol. The van der Waals surface area contributed by atoms with Gasteiger partial charge in [-0.2, -0.15) is 0 Å². The van der Waals surface area contributed by atoms with Crippen molar-refractivity contribution in [2.45, 2.75) is 45.8 Å². The summed E-state index contributed by atoms with van der Waals surface area (Å²) in [7, 11) is 2.06. The molecule has 0 aliphatic carbocycles. The summed E-state index contributed by atoms with van der Waals surface area (Å²) in [6.45, 7) is 5.29. The Kier molecular flexibility index (Phi) is 8.33. The second-order valence-corrected chi connectivity index (χ2v) is 7.21. The van der Waals surface area contributed by atoms with Crippen LogP contribution < -0.4 is 5.32 Å². The summed E-state index contributed by atoms with van der Waals surface area (Å²) < 4.78 is 3.32. The lowest BCUT2D eigenvalue weighted by Crippen LogP contribution is -2.38. The first-order valence-corrected chi connectivity index (χ1v) is 9.61. The normalized spacial score (nSPS) is 13.7. The van der Waals surface area contributed by atoms with E-state index < -0.39 is 0 Å². The zero-order valence-electron chi connectivity index (χ0n) is 15.3. The number of nitrogens with one attached hydrogen (secondary N) is 1. The van der Waals surface area contributed by atoms with Crippen molar-refractivity contribution in [2.75, 3.05) is 13.6 Å². The SMILES string of the molecule is CCNC(=NCc1nnc2n1CCCC2)N(C)Cc1ccc(Br)cc1.I. The van der Waals surface area contributed by atoms with Gasteiger partial charge in [0.2, 0.25) is 0 Å². The van der Waals surface area contributed by atoms with E-state index in [1.165, 1.54) is 18.4 Å². The molecule has 8 heteroatoms. The van der Waals surface area contributed by atoms with Gasteiger partial charge in [-0.25, -0.2) is 4.99 Å². The minimum absolute atomic E-state index is 0. The van der Waals surface area contributed by atoms with Crippen molar-refractivity contribution in [2.24, 2.45) is 4.99 Å². The first-order valence-electron chi connectivity index (χ1n) is 8.82. The van der Waals surface area contributed by atoms with Crippen molar-refractivity contribution in [1.29, 1.82) is 0 Å². The van der Waals surface area contributed by atoms with Gasteiger partial charge >= 0.3 is 0 Å². The quantitative estimate of drug-likeness (QED) is 0.363. The first-order chi connectivity index (χ1) is 12.2. The van der Waals surface area contributed by atoms with Crippen LogP contribution in [0.15, 0.2) is 33.7 Å². The van der Waals surface area contributed by atoms with E-state index in [-0.39, 0.29) is 24.0 Å². The number of guanidine groups is 1. The van der Waals surface area contributed by atoms with Crippen molar-refractivity contribution >= 4 is 45.9 Å². The first kappa shape index (κ1) is 21.1. The van der Waals surface area contributed by atoms with E-state index in [4.69, 9.17) is 4.99 Å². The van der Waals surface area contributed by atoms with E-state index in [1.54, 1.807) is 0 Å². The third-order valence-electron chi connectivity index (χ3n) is 4.34. The molecule has 1 N–H and O–H groups in total. The molecule has 0 spiro atoms. The highest BCUT2D eigenvalue weighted by molar-refractivity contribution is 14.0. The highest BCUT2D eigenvalue weighted by atomic mass is 127. The zero-order chi connectivity index (χ0) is 17.6. The molecule has 1 aromatic carbocycles. The largest absolute Gasteiger partial charge is 0.357 e. The third-order valence-corrected chi connectivity index (χ3v) is 4.86. The lowest BCUT2D eigenvalue weighted by molar-refractivity contribution is 0.474. The van der Waals surface area contributed by atoms with Crippen molar-refractivity contribution < 1.29 is 0 Å². The van der Waals surface area contributed by atoms with E-state index in [1.807, 2.05) is 0 Å². The summed E-state index contributed by atoms with van der Waals surface area (Å²) in [5, 5.41) is 12.0. The van der Waals surface area contributed by atoms with Gasteiger partial charge in [0.25, 0.3) is 0 Å². The number of aromatic nitrogens is 3. The van der Waals surface area contributed by atoms with Gasteiger partial charge in [-0.1, -0.05) is 28.1 Å². The van der Waals surface area contributed by atoms with Crippen molar-refractivity contribution in [3.05, 3.63) is 46.0 Å². The second-order valence-electron chi connectivity index (χ2n) is 6.29. The van der Waals surface area contributed by atoms with Crippen LogP contribution in [0.4, 0.5) is 0 Å². The number of aliphatic imine (C=N–C) groups is 1. The smallest absolute Gasteiger partial charge is 0.194 e. The molecular formula is C18H26BrIN6. The molecule has 1 aliphatic heterocycles. The molecule has 0 amide bonds. The number of halogens is 2. The molecule has 0 atom stereocenters. The Morgan fingerprint density at radius 2 is 2.04 bits per heavy atom. The Morgan fingerprint density at radius 3 is 2.77 bits per heavy atom. The van der Waals surface area contributed by atoms with Crippen LogP contribution >= 0.6 is 39.9 Å². The van der Waals surface area contributed by atoms with Gasteiger partial charge in [-0.3, -0.25) is 0 Å². The second kappa shape index (κ2) is 10.2. The maximum absolute atomic E-state index is 4.78. The van der Waals surface area contributed by atoms with Crippen LogP contribution in [0.2, 0.25) is 0 Å². The molecule has 2 heterocycles. The van der Waals surface area contributed by atoms with Crippen LogP contribution in [-0.2, 0) is 26.1 Å². The molecule has 3 rings (SSSR count). The van der Waals surface area contributed by atoms with Crippen LogP contribution in [0.1, 0.15) is 37.0 Å². The molecule has 0 saturated carbocycles.